The molecule has 7 nitrogen and oxygen atoms in total. The summed E-state index contributed by atoms with van der Waals surface area (Å²) in [6.07, 6.45) is 1.54. The minimum absolute atomic E-state index is 0.113. The number of carbonyl (C=O) groups excluding carboxylic acids is 2. The highest BCUT2D eigenvalue weighted by molar-refractivity contribution is 5.90. The first-order valence-corrected chi connectivity index (χ1v) is 9.83. The van der Waals surface area contributed by atoms with E-state index >= 15 is 0 Å². The standard InChI is InChI=1S/C20H26FN3O4/c21-15-1-3-16(4-2-15)22-19(26)24-13-17(18(25)23-7-11-28-12-8-23)20(14-24)5-9-27-10-6-20/h1-4,17H,5-14H2,(H,22,26)/t17-/m0/s1. The molecule has 8 heteroatoms. The van der Waals surface area contributed by atoms with Crippen LogP contribution in [-0.2, 0) is 14.3 Å². The molecule has 3 fully saturated rings. The summed E-state index contributed by atoms with van der Waals surface area (Å²) in [6.45, 7) is 4.47. The van der Waals surface area contributed by atoms with E-state index in [1.54, 1.807) is 4.90 Å². The van der Waals surface area contributed by atoms with Crippen LogP contribution in [0.5, 0.6) is 0 Å². The van der Waals surface area contributed by atoms with Gasteiger partial charge in [-0.25, -0.2) is 9.18 Å². The molecule has 1 N–H and O–H groups in total. The lowest BCUT2D eigenvalue weighted by Gasteiger charge is -2.39. The lowest BCUT2D eigenvalue weighted by molar-refractivity contribution is -0.144. The first-order valence-electron chi connectivity index (χ1n) is 9.83. The number of amides is 3. The van der Waals surface area contributed by atoms with Crippen molar-refractivity contribution in [3.8, 4) is 0 Å². The molecular formula is C20H26FN3O4. The molecule has 3 aliphatic heterocycles. The van der Waals surface area contributed by atoms with Crippen molar-refractivity contribution >= 4 is 17.6 Å². The van der Waals surface area contributed by atoms with E-state index in [1.807, 2.05) is 4.90 Å². The number of urea groups is 1. The van der Waals surface area contributed by atoms with E-state index in [9.17, 15) is 14.0 Å². The number of hydrogen-bond donors (Lipinski definition) is 1. The third-order valence-electron chi connectivity index (χ3n) is 6.14. The van der Waals surface area contributed by atoms with E-state index in [1.165, 1.54) is 24.3 Å². The lowest BCUT2D eigenvalue weighted by atomic mass is 9.71. The van der Waals surface area contributed by atoms with Crippen molar-refractivity contribution in [1.82, 2.24) is 9.80 Å². The summed E-state index contributed by atoms with van der Waals surface area (Å²) in [4.78, 5) is 29.7. The second-order valence-corrected chi connectivity index (χ2v) is 7.78. The van der Waals surface area contributed by atoms with Gasteiger partial charge in [0.05, 0.1) is 19.1 Å². The number of hydrogen-bond acceptors (Lipinski definition) is 4. The maximum atomic E-state index is 13.3. The molecule has 4 rings (SSSR count). The van der Waals surface area contributed by atoms with E-state index in [0.717, 1.165) is 12.8 Å². The molecule has 3 saturated heterocycles. The molecule has 3 amide bonds. The van der Waals surface area contributed by atoms with Crippen LogP contribution in [-0.4, -0.2) is 74.3 Å². The molecule has 28 heavy (non-hydrogen) atoms. The Morgan fingerprint density at radius 3 is 2.32 bits per heavy atom. The van der Waals surface area contributed by atoms with Crippen LogP contribution in [0.4, 0.5) is 14.9 Å². The molecule has 1 aromatic carbocycles. The van der Waals surface area contributed by atoms with Gasteiger partial charge in [0, 0.05) is 50.5 Å². The largest absolute Gasteiger partial charge is 0.381 e. The predicted octanol–water partition coefficient (Wildman–Crippen LogP) is 1.94. The molecular weight excluding hydrogens is 365 g/mol. The normalized spacial score (nSPS) is 24.4. The number of benzene rings is 1. The monoisotopic (exact) mass is 391 g/mol. The molecule has 3 aliphatic rings. The van der Waals surface area contributed by atoms with Crippen LogP contribution >= 0.6 is 0 Å². The Kier molecular flexibility index (Phi) is 5.50. The van der Waals surface area contributed by atoms with Gasteiger partial charge in [0.25, 0.3) is 0 Å². The van der Waals surface area contributed by atoms with Gasteiger partial charge in [-0.15, -0.1) is 0 Å². The Bertz CT molecular complexity index is 715. The highest BCUT2D eigenvalue weighted by Crippen LogP contribution is 2.45. The highest BCUT2D eigenvalue weighted by atomic mass is 19.1. The van der Waals surface area contributed by atoms with Crippen molar-refractivity contribution in [2.45, 2.75) is 12.8 Å². The van der Waals surface area contributed by atoms with Crippen molar-refractivity contribution in [3.05, 3.63) is 30.1 Å². The SMILES string of the molecule is O=C(Nc1ccc(F)cc1)N1C[C@@H](C(=O)N2CCOCC2)C2(CCOCC2)C1. The number of rotatable bonds is 2. The fourth-order valence-corrected chi connectivity index (χ4v) is 4.49. The molecule has 0 aromatic heterocycles. The third kappa shape index (κ3) is 3.84. The van der Waals surface area contributed by atoms with Gasteiger partial charge in [-0.05, 0) is 37.1 Å². The minimum Gasteiger partial charge on any atom is -0.381 e. The molecule has 152 valence electrons. The number of ether oxygens (including phenoxy) is 2. The fraction of sp³-hybridized carbons (Fsp3) is 0.600. The predicted molar refractivity (Wildman–Crippen MR) is 100 cm³/mol. The summed E-state index contributed by atoms with van der Waals surface area (Å²) < 4.78 is 24.0. The quantitative estimate of drug-likeness (QED) is 0.837. The zero-order valence-corrected chi connectivity index (χ0v) is 15.9. The Balaban J connectivity index is 1.49. The number of nitrogens with zero attached hydrogens (tertiary/aromatic N) is 2. The van der Waals surface area contributed by atoms with Crippen molar-refractivity contribution < 1.29 is 23.5 Å². The van der Waals surface area contributed by atoms with Crippen molar-refractivity contribution in [2.24, 2.45) is 11.3 Å². The summed E-state index contributed by atoms with van der Waals surface area (Å²) >= 11 is 0. The van der Waals surface area contributed by atoms with Gasteiger partial charge in [-0.1, -0.05) is 0 Å². The van der Waals surface area contributed by atoms with Gasteiger partial charge >= 0.3 is 6.03 Å². The number of anilines is 1. The number of nitrogens with one attached hydrogen (secondary N) is 1. The lowest BCUT2D eigenvalue weighted by Crippen LogP contribution is -2.49. The Morgan fingerprint density at radius 1 is 1.00 bits per heavy atom. The van der Waals surface area contributed by atoms with Gasteiger partial charge in [0.1, 0.15) is 5.82 Å². The number of morpholine rings is 1. The van der Waals surface area contributed by atoms with Crippen molar-refractivity contribution in [1.29, 1.82) is 0 Å². The van der Waals surface area contributed by atoms with Crippen LogP contribution in [0.15, 0.2) is 24.3 Å². The van der Waals surface area contributed by atoms with E-state index in [2.05, 4.69) is 5.32 Å². The smallest absolute Gasteiger partial charge is 0.321 e. The first kappa shape index (κ1) is 19.1. The summed E-state index contributed by atoms with van der Waals surface area (Å²) in [5, 5.41) is 2.82. The van der Waals surface area contributed by atoms with Gasteiger partial charge in [-0.2, -0.15) is 0 Å². The maximum absolute atomic E-state index is 13.3. The topological polar surface area (TPSA) is 71.1 Å². The Morgan fingerprint density at radius 2 is 1.64 bits per heavy atom. The molecule has 0 saturated carbocycles. The first-order chi connectivity index (χ1) is 13.6. The minimum atomic E-state index is -0.350. The second kappa shape index (κ2) is 8.05. The van der Waals surface area contributed by atoms with Gasteiger partial charge in [0.15, 0.2) is 0 Å². The third-order valence-corrected chi connectivity index (χ3v) is 6.14. The van der Waals surface area contributed by atoms with Crippen LogP contribution in [0.1, 0.15) is 12.8 Å². The maximum Gasteiger partial charge on any atom is 0.321 e. The molecule has 0 radical (unpaired) electrons. The summed E-state index contributed by atoms with van der Waals surface area (Å²) in [5.74, 6) is -0.466. The fourth-order valence-electron chi connectivity index (χ4n) is 4.49. The number of halogens is 1. The zero-order chi connectivity index (χ0) is 19.6. The molecule has 3 heterocycles. The van der Waals surface area contributed by atoms with Crippen LogP contribution in [0, 0.1) is 17.2 Å². The average Bonchev–Trinajstić information content (AvgIpc) is 3.09. The number of carbonyl (C=O) groups is 2. The average molecular weight is 391 g/mol. The Labute approximate surface area is 163 Å². The van der Waals surface area contributed by atoms with Crippen LogP contribution in [0.3, 0.4) is 0 Å². The van der Waals surface area contributed by atoms with Crippen molar-refractivity contribution in [3.63, 3.8) is 0 Å². The van der Waals surface area contributed by atoms with E-state index in [4.69, 9.17) is 9.47 Å². The summed E-state index contributed by atoms with van der Waals surface area (Å²) in [5.41, 5.74) is 0.295. The van der Waals surface area contributed by atoms with Gasteiger partial charge in [0.2, 0.25) is 5.91 Å². The Hall–Kier alpha value is -2.19. The van der Waals surface area contributed by atoms with Crippen LogP contribution < -0.4 is 5.32 Å². The highest BCUT2D eigenvalue weighted by Gasteiger charge is 2.52. The van der Waals surface area contributed by atoms with Gasteiger partial charge < -0.3 is 24.6 Å². The number of likely N-dealkylation sites (tertiary alicyclic amines) is 1. The van der Waals surface area contributed by atoms with Crippen LogP contribution in [0.2, 0.25) is 0 Å². The molecule has 1 spiro atoms. The van der Waals surface area contributed by atoms with Crippen LogP contribution in [0.25, 0.3) is 0 Å². The summed E-state index contributed by atoms with van der Waals surface area (Å²) in [6, 6.07) is 5.43. The molecule has 1 atom stereocenters. The van der Waals surface area contributed by atoms with Gasteiger partial charge in [-0.3, -0.25) is 4.79 Å². The zero-order valence-electron chi connectivity index (χ0n) is 15.9. The molecule has 0 unspecified atom stereocenters. The van der Waals surface area contributed by atoms with E-state index in [-0.39, 0.29) is 29.1 Å². The molecule has 0 aliphatic carbocycles. The van der Waals surface area contributed by atoms with E-state index < -0.39 is 0 Å². The molecule has 0 bridgehead atoms. The van der Waals surface area contributed by atoms with Crippen molar-refractivity contribution in [2.75, 3.05) is 57.9 Å². The van der Waals surface area contributed by atoms with E-state index in [0.29, 0.717) is 58.3 Å². The molecule has 1 aromatic rings. The second-order valence-electron chi connectivity index (χ2n) is 7.78. The summed E-state index contributed by atoms with van der Waals surface area (Å²) in [7, 11) is 0.